The lowest BCUT2D eigenvalue weighted by Gasteiger charge is -1.97. The van der Waals surface area contributed by atoms with Crippen molar-refractivity contribution in [1.82, 2.24) is 4.98 Å². The Labute approximate surface area is 130 Å². The number of aromatic nitrogens is 1. The van der Waals surface area contributed by atoms with Crippen LogP contribution >= 0.6 is 23.2 Å². The van der Waals surface area contributed by atoms with Crippen LogP contribution in [0, 0.1) is 0 Å². The van der Waals surface area contributed by atoms with Crippen molar-refractivity contribution in [2.45, 2.75) is 0 Å². The molecule has 1 aromatic heterocycles. The normalized spacial score (nSPS) is 16.0. The largest absolute Gasteiger partial charge is 0.400 e. The SMILES string of the molecule is O=C1OC(c2ccccn2)=N/C1=C/c1ccc(Cl)c(Cl)c1. The van der Waals surface area contributed by atoms with Crippen LogP contribution in [-0.4, -0.2) is 16.9 Å². The van der Waals surface area contributed by atoms with Gasteiger partial charge in [0.15, 0.2) is 5.70 Å². The molecule has 0 aliphatic carbocycles. The van der Waals surface area contributed by atoms with Crippen LogP contribution in [0.4, 0.5) is 0 Å². The lowest BCUT2D eigenvalue weighted by Crippen LogP contribution is -2.06. The molecule has 0 atom stereocenters. The van der Waals surface area contributed by atoms with Crippen LogP contribution in [-0.2, 0) is 9.53 Å². The second-order valence-electron chi connectivity index (χ2n) is 4.22. The third-order valence-electron chi connectivity index (χ3n) is 2.75. The van der Waals surface area contributed by atoms with E-state index in [1.54, 1.807) is 48.7 Å². The fourth-order valence-electron chi connectivity index (χ4n) is 1.77. The van der Waals surface area contributed by atoms with Crippen LogP contribution in [0.1, 0.15) is 11.3 Å². The van der Waals surface area contributed by atoms with Gasteiger partial charge >= 0.3 is 5.97 Å². The molecule has 2 heterocycles. The molecule has 0 bridgehead atoms. The lowest BCUT2D eigenvalue weighted by atomic mass is 10.2. The summed E-state index contributed by atoms with van der Waals surface area (Å²) in [6, 6.07) is 10.3. The average Bonchev–Trinajstić information content (AvgIpc) is 2.85. The summed E-state index contributed by atoms with van der Waals surface area (Å²) in [7, 11) is 0. The zero-order chi connectivity index (χ0) is 14.8. The number of aliphatic imine (C=N–C) groups is 1. The number of esters is 1. The van der Waals surface area contributed by atoms with Crippen molar-refractivity contribution in [2.24, 2.45) is 4.99 Å². The van der Waals surface area contributed by atoms with Crippen LogP contribution in [0.25, 0.3) is 6.08 Å². The predicted octanol–water partition coefficient (Wildman–Crippen LogP) is 3.73. The fraction of sp³-hybridized carbons (Fsp3) is 0. The molecule has 1 aliphatic rings. The first-order chi connectivity index (χ1) is 10.1. The number of pyridine rings is 1. The Bertz CT molecular complexity index is 770. The molecule has 0 N–H and O–H groups in total. The average molecular weight is 319 g/mol. The standard InChI is InChI=1S/C15H8Cl2N2O2/c16-10-5-4-9(7-11(10)17)8-13-15(20)21-14(19-13)12-3-1-2-6-18-12/h1-8H/b13-8+. The monoisotopic (exact) mass is 318 g/mol. The Morgan fingerprint density at radius 3 is 2.67 bits per heavy atom. The number of hydrogen-bond acceptors (Lipinski definition) is 4. The van der Waals surface area contributed by atoms with Crippen molar-refractivity contribution in [2.75, 3.05) is 0 Å². The molecule has 6 heteroatoms. The van der Waals surface area contributed by atoms with Gasteiger partial charge in [-0.3, -0.25) is 4.98 Å². The molecule has 0 radical (unpaired) electrons. The van der Waals surface area contributed by atoms with Crippen LogP contribution in [0.2, 0.25) is 10.0 Å². The fourth-order valence-corrected chi connectivity index (χ4v) is 2.07. The first-order valence-corrected chi connectivity index (χ1v) is 6.78. The number of ether oxygens (including phenoxy) is 1. The highest BCUT2D eigenvalue weighted by atomic mass is 35.5. The quantitative estimate of drug-likeness (QED) is 0.626. The van der Waals surface area contributed by atoms with Crippen molar-refractivity contribution < 1.29 is 9.53 Å². The van der Waals surface area contributed by atoms with Gasteiger partial charge in [0.05, 0.1) is 10.0 Å². The minimum absolute atomic E-state index is 0.187. The van der Waals surface area contributed by atoms with Gasteiger partial charge in [-0.05, 0) is 35.9 Å². The van der Waals surface area contributed by atoms with Gasteiger partial charge in [0, 0.05) is 6.20 Å². The van der Waals surface area contributed by atoms with E-state index in [9.17, 15) is 4.79 Å². The number of carbonyl (C=O) groups is 1. The van der Waals surface area contributed by atoms with Crippen molar-refractivity contribution >= 4 is 41.1 Å². The summed E-state index contributed by atoms with van der Waals surface area (Å²) in [5.74, 6) is -0.339. The highest BCUT2D eigenvalue weighted by Crippen LogP contribution is 2.25. The summed E-state index contributed by atoms with van der Waals surface area (Å²) in [6.45, 7) is 0. The highest BCUT2D eigenvalue weighted by molar-refractivity contribution is 6.42. The lowest BCUT2D eigenvalue weighted by molar-refractivity contribution is -0.129. The van der Waals surface area contributed by atoms with E-state index in [0.717, 1.165) is 0 Å². The molecule has 4 nitrogen and oxygen atoms in total. The number of hydrogen-bond donors (Lipinski definition) is 0. The highest BCUT2D eigenvalue weighted by Gasteiger charge is 2.24. The number of cyclic esters (lactones) is 1. The molecule has 1 aromatic carbocycles. The summed E-state index contributed by atoms with van der Waals surface area (Å²) < 4.78 is 5.11. The van der Waals surface area contributed by atoms with E-state index in [1.807, 2.05) is 0 Å². The molecule has 1 aliphatic heterocycles. The first kappa shape index (κ1) is 13.8. The molecule has 0 fully saturated rings. The first-order valence-electron chi connectivity index (χ1n) is 6.02. The summed E-state index contributed by atoms with van der Waals surface area (Å²) >= 11 is 11.8. The second-order valence-corrected chi connectivity index (χ2v) is 5.04. The maximum absolute atomic E-state index is 11.8. The molecule has 21 heavy (non-hydrogen) atoms. The van der Waals surface area contributed by atoms with Crippen molar-refractivity contribution in [3.8, 4) is 0 Å². The summed E-state index contributed by atoms with van der Waals surface area (Å²) in [5, 5.41) is 0.858. The zero-order valence-electron chi connectivity index (χ0n) is 10.6. The topological polar surface area (TPSA) is 51.5 Å². The Kier molecular flexibility index (Phi) is 3.73. The molecular weight excluding hydrogens is 311 g/mol. The molecule has 0 spiro atoms. The predicted molar refractivity (Wildman–Crippen MR) is 81.3 cm³/mol. The molecule has 0 amide bonds. The Morgan fingerprint density at radius 2 is 1.95 bits per heavy atom. The van der Waals surface area contributed by atoms with Crippen LogP contribution < -0.4 is 0 Å². The second kappa shape index (κ2) is 5.68. The van der Waals surface area contributed by atoms with Gasteiger partial charge in [0.2, 0.25) is 5.90 Å². The van der Waals surface area contributed by atoms with Crippen molar-refractivity contribution in [3.05, 3.63) is 69.6 Å². The van der Waals surface area contributed by atoms with Gasteiger partial charge in [0.25, 0.3) is 0 Å². The summed E-state index contributed by atoms with van der Waals surface area (Å²) in [6.07, 6.45) is 3.19. The van der Waals surface area contributed by atoms with Gasteiger partial charge < -0.3 is 4.74 Å². The molecule has 0 unspecified atom stereocenters. The molecule has 0 saturated heterocycles. The number of nitrogens with zero attached hydrogens (tertiary/aromatic N) is 2. The van der Waals surface area contributed by atoms with E-state index >= 15 is 0 Å². The number of rotatable bonds is 2. The van der Waals surface area contributed by atoms with Gasteiger partial charge in [-0.2, -0.15) is 0 Å². The van der Waals surface area contributed by atoms with Crippen LogP contribution in [0.5, 0.6) is 0 Å². The van der Waals surface area contributed by atoms with E-state index in [4.69, 9.17) is 27.9 Å². The van der Waals surface area contributed by atoms with E-state index in [0.29, 0.717) is 21.3 Å². The van der Waals surface area contributed by atoms with Crippen molar-refractivity contribution in [1.29, 1.82) is 0 Å². The zero-order valence-corrected chi connectivity index (χ0v) is 12.1. The van der Waals surface area contributed by atoms with E-state index in [1.165, 1.54) is 0 Å². The van der Waals surface area contributed by atoms with Gasteiger partial charge in [-0.25, -0.2) is 9.79 Å². The Hall–Kier alpha value is -2.17. The summed E-state index contributed by atoms with van der Waals surface area (Å²) in [5.41, 5.74) is 1.40. The maximum Gasteiger partial charge on any atom is 0.363 e. The van der Waals surface area contributed by atoms with Crippen LogP contribution in [0.15, 0.2) is 53.3 Å². The smallest absolute Gasteiger partial charge is 0.363 e. The van der Waals surface area contributed by atoms with Crippen LogP contribution in [0.3, 0.4) is 0 Å². The van der Waals surface area contributed by atoms with E-state index in [-0.39, 0.29) is 11.6 Å². The molecule has 2 aromatic rings. The third-order valence-corrected chi connectivity index (χ3v) is 3.49. The molecular formula is C15H8Cl2N2O2. The van der Waals surface area contributed by atoms with E-state index < -0.39 is 5.97 Å². The number of carbonyl (C=O) groups excluding carboxylic acids is 1. The van der Waals surface area contributed by atoms with Crippen molar-refractivity contribution in [3.63, 3.8) is 0 Å². The minimum Gasteiger partial charge on any atom is -0.400 e. The Balaban J connectivity index is 1.95. The molecule has 104 valence electrons. The minimum atomic E-state index is -0.526. The van der Waals surface area contributed by atoms with E-state index in [2.05, 4.69) is 9.98 Å². The van der Waals surface area contributed by atoms with Gasteiger partial charge in [-0.1, -0.05) is 35.3 Å². The van der Waals surface area contributed by atoms with Gasteiger partial charge in [-0.15, -0.1) is 0 Å². The number of halogens is 2. The van der Waals surface area contributed by atoms with Gasteiger partial charge in [0.1, 0.15) is 5.69 Å². The third kappa shape index (κ3) is 2.96. The summed E-state index contributed by atoms with van der Waals surface area (Å²) in [4.78, 5) is 20.1. The molecule has 0 saturated carbocycles. The maximum atomic E-state index is 11.8. The molecule has 3 rings (SSSR count). The Morgan fingerprint density at radius 1 is 1.10 bits per heavy atom. The number of benzene rings is 1.